The van der Waals surface area contributed by atoms with Crippen LogP contribution in [-0.4, -0.2) is 37.4 Å². The van der Waals surface area contributed by atoms with Crippen LogP contribution in [0.1, 0.15) is 6.92 Å². The molecule has 0 amide bonds. The second-order valence-corrected chi connectivity index (χ2v) is 3.10. The highest BCUT2D eigenvalue weighted by atomic mass is 16.7. The maximum absolute atomic E-state index is 11.4. The van der Waals surface area contributed by atoms with E-state index in [4.69, 9.17) is 4.84 Å². The molecule has 1 saturated heterocycles. The van der Waals surface area contributed by atoms with Gasteiger partial charge in [0.15, 0.2) is 0 Å². The number of fused-ring (bicyclic) bond motifs is 1. The van der Waals surface area contributed by atoms with Gasteiger partial charge in [0, 0.05) is 6.54 Å². The fraction of sp³-hybridized carbons (Fsp3) is 0.625. The van der Waals surface area contributed by atoms with Gasteiger partial charge in [0.1, 0.15) is 5.76 Å². The summed E-state index contributed by atoms with van der Waals surface area (Å²) in [7, 11) is 1.38. The first kappa shape index (κ1) is 8.52. The zero-order valence-electron chi connectivity index (χ0n) is 7.66. The maximum Gasteiger partial charge on any atom is 0.339 e. The van der Waals surface area contributed by atoms with Crippen LogP contribution in [0.15, 0.2) is 11.3 Å². The number of nitrogens with zero attached hydrogens (tertiary/aromatic N) is 1. The fourth-order valence-electron chi connectivity index (χ4n) is 1.71. The Morgan fingerprint density at radius 3 is 3.23 bits per heavy atom. The van der Waals surface area contributed by atoms with E-state index in [2.05, 4.69) is 10.1 Å². The monoisotopic (exact) mass is 184 g/mol. The normalized spacial score (nSPS) is 27.4. The van der Waals surface area contributed by atoms with Crippen molar-refractivity contribution in [1.29, 1.82) is 0 Å². The van der Waals surface area contributed by atoms with Gasteiger partial charge in [-0.15, -0.1) is 5.06 Å². The highest BCUT2D eigenvalue weighted by molar-refractivity contribution is 5.90. The molecule has 0 aliphatic carbocycles. The molecule has 0 bridgehead atoms. The predicted octanol–water partition coefficient (Wildman–Crippen LogP) is -0.390. The molecule has 0 aromatic carbocycles. The van der Waals surface area contributed by atoms with Crippen molar-refractivity contribution >= 4 is 5.97 Å². The zero-order chi connectivity index (χ0) is 9.42. The number of esters is 1. The molecule has 2 rings (SSSR count). The van der Waals surface area contributed by atoms with Crippen LogP contribution in [0, 0.1) is 0 Å². The Hall–Kier alpha value is -1.07. The van der Waals surface area contributed by atoms with Crippen molar-refractivity contribution in [1.82, 2.24) is 10.4 Å². The Morgan fingerprint density at radius 1 is 1.77 bits per heavy atom. The second-order valence-electron chi connectivity index (χ2n) is 3.10. The number of allylic oxidation sites excluding steroid dienone is 1. The Kier molecular flexibility index (Phi) is 1.97. The summed E-state index contributed by atoms with van der Waals surface area (Å²) in [5.41, 5.74) is 0.632. The molecular formula is C8H12N2O3. The predicted molar refractivity (Wildman–Crippen MR) is 44.3 cm³/mol. The van der Waals surface area contributed by atoms with E-state index in [9.17, 15) is 4.79 Å². The van der Waals surface area contributed by atoms with E-state index in [1.54, 1.807) is 12.0 Å². The molecule has 1 N–H and O–H groups in total. The minimum absolute atomic E-state index is 0.0208. The molecule has 1 atom stereocenters. The third-order valence-electron chi connectivity index (χ3n) is 2.32. The molecule has 0 aromatic heterocycles. The van der Waals surface area contributed by atoms with E-state index in [0.717, 1.165) is 6.54 Å². The summed E-state index contributed by atoms with van der Waals surface area (Å²) in [6.07, 6.45) is 0. The summed E-state index contributed by atoms with van der Waals surface area (Å²) in [5.74, 6) is 0.354. The van der Waals surface area contributed by atoms with Crippen LogP contribution in [-0.2, 0) is 14.4 Å². The number of carbonyl (C=O) groups is 1. The molecule has 2 heterocycles. The lowest BCUT2D eigenvalue weighted by atomic mass is 10.1. The van der Waals surface area contributed by atoms with E-state index in [1.165, 1.54) is 7.11 Å². The van der Waals surface area contributed by atoms with Crippen LogP contribution in [0.4, 0.5) is 0 Å². The topological polar surface area (TPSA) is 50.8 Å². The number of nitrogens with one attached hydrogen (secondary N) is 1. The van der Waals surface area contributed by atoms with E-state index in [-0.39, 0.29) is 12.0 Å². The van der Waals surface area contributed by atoms with Gasteiger partial charge in [-0.3, -0.25) is 5.32 Å². The number of hydrogen-bond acceptors (Lipinski definition) is 5. The maximum atomic E-state index is 11.4. The van der Waals surface area contributed by atoms with Gasteiger partial charge in [-0.1, -0.05) is 0 Å². The number of ether oxygens (including phenoxy) is 1. The van der Waals surface area contributed by atoms with E-state index in [0.29, 0.717) is 18.0 Å². The number of methoxy groups -OCH3 is 1. The van der Waals surface area contributed by atoms with Crippen LogP contribution >= 0.6 is 0 Å². The Bertz CT molecular complexity index is 275. The van der Waals surface area contributed by atoms with E-state index in [1.807, 2.05) is 0 Å². The van der Waals surface area contributed by atoms with Crippen molar-refractivity contribution in [2.75, 3.05) is 20.3 Å². The second kappa shape index (κ2) is 3.01. The summed E-state index contributed by atoms with van der Waals surface area (Å²) in [5, 5.41) is 4.86. The molecule has 2 aliphatic heterocycles. The van der Waals surface area contributed by atoms with Crippen molar-refractivity contribution < 1.29 is 14.4 Å². The molecular weight excluding hydrogens is 172 g/mol. The smallest absolute Gasteiger partial charge is 0.339 e. The van der Waals surface area contributed by atoms with Gasteiger partial charge in [0.2, 0.25) is 0 Å². The van der Waals surface area contributed by atoms with Crippen LogP contribution in [0.5, 0.6) is 0 Å². The Balaban J connectivity index is 2.24. The molecule has 1 fully saturated rings. The first-order chi connectivity index (χ1) is 6.24. The molecule has 5 nitrogen and oxygen atoms in total. The van der Waals surface area contributed by atoms with Gasteiger partial charge in [-0.05, 0) is 6.92 Å². The van der Waals surface area contributed by atoms with Crippen LogP contribution in [0.3, 0.4) is 0 Å². The van der Waals surface area contributed by atoms with Crippen molar-refractivity contribution in [2.24, 2.45) is 0 Å². The number of rotatable bonds is 1. The number of hydrogen-bond donors (Lipinski definition) is 1. The summed E-state index contributed by atoms with van der Waals surface area (Å²) in [6.45, 7) is 3.18. The minimum atomic E-state index is -0.297. The number of carbonyl (C=O) groups excluding carboxylic acids is 1. The Morgan fingerprint density at radius 2 is 2.54 bits per heavy atom. The summed E-state index contributed by atoms with van der Waals surface area (Å²) >= 11 is 0. The van der Waals surface area contributed by atoms with Gasteiger partial charge in [-0.2, -0.15) is 0 Å². The van der Waals surface area contributed by atoms with Crippen LogP contribution in [0.2, 0.25) is 0 Å². The summed E-state index contributed by atoms with van der Waals surface area (Å²) < 4.78 is 4.68. The highest BCUT2D eigenvalue weighted by Gasteiger charge is 2.40. The first-order valence-electron chi connectivity index (χ1n) is 4.18. The summed E-state index contributed by atoms with van der Waals surface area (Å²) in [4.78, 5) is 16.7. The van der Waals surface area contributed by atoms with E-state index < -0.39 is 0 Å². The fourth-order valence-corrected chi connectivity index (χ4v) is 1.71. The summed E-state index contributed by atoms with van der Waals surface area (Å²) in [6, 6.07) is 0.0208. The van der Waals surface area contributed by atoms with Gasteiger partial charge >= 0.3 is 5.97 Å². The number of hydroxylamine groups is 2. The molecule has 0 radical (unpaired) electrons. The largest absolute Gasteiger partial charge is 0.466 e. The molecule has 2 aliphatic rings. The molecule has 72 valence electrons. The molecule has 0 aromatic rings. The third-order valence-corrected chi connectivity index (χ3v) is 2.32. The van der Waals surface area contributed by atoms with Gasteiger partial charge in [0.25, 0.3) is 0 Å². The lowest BCUT2D eigenvalue weighted by molar-refractivity contribution is -0.137. The lowest BCUT2D eigenvalue weighted by Gasteiger charge is -2.12. The van der Waals surface area contributed by atoms with Crippen molar-refractivity contribution in [3.05, 3.63) is 11.3 Å². The molecule has 13 heavy (non-hydrogen) atoms. The van der Waals surface area contributed by atoms with Crippen molar-refractivity contribution in [3.63, 3.8) is 0 Å². The Labute approximate surface area is 76.2 Å². The van der Waals surface area contributed by atoms with Gasteiger partial charge < -0.3 is 9.57 Å². The van der Waals surface area contributed by atoms with Crippen LogP contribution in [0.25, 0.3) is 0 Å². The van der Waals surface area contributed by atoms with E-state index >= 15 is 0 Å². The minimum Gasteiger partial charge on any atom is -0.466 e. The molecule has 0 spiro atoms. The third kappa shape index (κ3) is 1.20. The first-order valence-corrected chi connectivity index (χ1v) is 4.18. The average Bonchev–Trinajstić information content (AvgIpc) is 2.62. The standard InChI is InChI=1S/C8H12N2O3/c1-5-7(8(11)12-2)6-3-9-4-10(6)13-5/h6,9H,3-4H2,1-2H3. The SMILES string of the molecule is COC(=O)C1=C(C)ON2CNCC12. The highest BCUT2D eigenvalue weighted by Crippen LogP contribution is 2.28. The van der Waals surface area contributed by atoms with Crippen LogP contribution < -0.4 is 5.32 Å². The molecule has 1 unspecified atom stereocenters. The molecule has 5 heteroatoms. The van der Waals surface area contributed by atoms with Crippen molar-refractivity contribution in [3.8, 4) is 0 Å². The quantitative estimate of drug-likeness (QED) is 0.562. The lowest BCUT2D eigenvalue weighted by Crippen LogP contribution is -2.28. The van der Waals surface area contributed by atoms with Gasteiger partial charge in [0.05, 0.1) is 25.4 Å². The van der Waals surface area contributed by atoms with Gasteiger partial charge in [-0.25, -0.2) is 4.79 Å². The molecule has 0 saturated carbocycles. The van der Waals surface area contributed by atoms with Crippen molar-refractivity contribution in [2.45, 2.75) is 13.0 Å². The average molecular weight is 184 g/mol. The zero-order valence-corrected chi connectivity index (χ0v) is 7.66.